The van der Waals surface area contributed by atoms with E-state index in [4.69, 9.17) is 0 Å². The van der Waals surface area contributed by atoms with E-state index < -0.39 is 0 Å². The zero-order valence-electron chi connectivity index (χ0n) is 13.0. The second-order valence-electron chi connectivity index (χ2n) is 5.18. The second-order valence-corrected chi connectivity index (χ2v) is 5.18. The Morgan fingerprint density at radius 2 is 1.91 bits per heavy atom. The lowest BCUT2D eigenvalue weighted by Crippen LogP contribution is -2.42. The van der Waals surface area contributed by atoms with E-state index >= 15 is 0 Å². The van der Waals surface area contributed by atoms with Crippen LogP contribution in [-0.2, 0) is 0 Å². The Hall–Kier alpha value is -2.47. The van der Waals surface area contributed by atoms with E-state index in [1.54, 1.807) is 6.20 Å². The van der Waals surface area contributed by atoms with Crippen LogP contribution >= 0.6 is 0 Å². The molecule has 0 aliphatic rings. The van der Waals surface area contributed by atoms with Crippen molar-refractivity contribution in [2.24, 2.45) is 0 Å². The third kappa shape index (κ3) is 3.23. The van der Waals surface area contributed by atoms with Crippen LogP contribution in [0.1, 0.15) is 13.3 Å². The average molecular weight is 300 g/mol. The smallest absolute Gasteiger partial charge is 0.296 e. The minimum absolute atomic E-state index is 0.00898. The second kappa shape index (κ2) is 7.00. The first-order valence-electron chi connectivity index (χ1n) is 7.15. The topological polar surface area (TPSA) is 62.5 Å². The number of pyridine rings is 1. The maximum Gasteiger partial charge on any atom is 0.296 e. The van der Waals surface area contributed by atoms with E-state index in [1.807, 2.05) is 54.2 Å². The van der Waals surface area contributed by atoms with Gasteiger partial charge in [-0.2, -0.15) is 0 Å². The van der Waals surface area contributed by atoms with Gasteiger partial charge in [0.15, 0.2) is 0 Å². The fourth-order valence-electron chi connectivity index (χ4n) is 2.56. The molecule has 116 valence electrons. The number of nitrogens with zero attached hydrogens (tertiary/aromatic N) is 4. The Labute approximate surface area is 130 Å². The van der Waals surface area contributed by atoms with Crippen molar-refractivity contribution in [2.75, 3.05) is 19.0 Å². The molecule has 1 atom stereocenters. The van der Waals surface area contributed by atoms with E-state index in [1.165, 1.54) is 12.3 Å². The molecule has 1 aromatic carbocycles. The number of nitro groups is 1. The third-order valence-corrected chi connectivity index (χ3v) is 3.53. The van der Waals surface area contributed by atoms with Gasteiger partial charge in [-0.3, -0.25) is 20.0 Å². The first kappa shape index (κ1) is 15.9. The normalized spacial score (nSPS) is 12.2. The van der Waals surface area contributed by atoms with Gasteiger partial charge >= 0.3 is 0 Å². The molecule has 0 aliphatic carbocycles. The van der Waals surface area contributed by atoms with Crippen molar-refractivity contribution in [3.63, 3.8) is 0 Å². The van der Waals surface area contributed by atoms with Gasteiger partial charge in [-0.15, -0.1) is 0 Å². The van der Waals surface area contributed by atoms with E-state index in [9.17, 15) is 10.1 Å². The van der Waals surface area contributed by atoms with E-state index in [2.05, 4.69) is 11.9 Å². The molecule has 1 unspecified atom stereocenters. The van der Waals surface area contributed by atoms with E-state index in [0.29, 0.717) is 5.69 Å². The van der Waals surface area contributed by atoms with Crippen molar-refractivity contribution in [3.8, 4) is 0 Å². The van der Waals surface area contributed by atoms with Gasteiger partial charge in [-0.05, 0) is 32.6 Å². The first-order valence-corrected chi connectivity index (χ1v) is 7.15. The average Bonchev–Trinajstić information content (AvgIpc) is 2.53. The molecular weight excluding hydrogens is 280 g/mol. The molecule has 0 spiro atoms. The molecule has 0 radical (unpaired) electrons. The Morgan fingerprint density at radius 1 is 1.23 bits per heavy atom. The van der Waals surface area contributed by atoms with E-state index in [-0.39, 0.29) is 16.8 Å². The van der Waals surface area contributed by atoms with Crippen LogP contribution in [-0.4, -0.2) is 35.1 Å². The first-order chi connectivity index (χ1) is 10.6. The van der Waals surface area contributed by atoms with E-state index in [0.717, 1.165) is 12.1 Å². The SMILES string of the molecule is CCC(N(C)C)N(c1ccccc1)c1cnccc1[N+](=O)[O-]. The number of anilines is 2. The summed E-state index contributed by atoms with van der Waals surface area (Å²) < 4.78 is 0. The molecule has 6 nitrogen and oxygen atoms in total. The zero-order chi connectivity index (χ0) is 16.1. The molecule has 2 rings (SSSR count). The quantitative estimate of drug-likeness (QED) is 0.464. The molecule has 0 amide bonds. The summed E-state index contributed by atoms with van der Waals surface area (Å²) in [5, 5.41) is 11.4. The molecule has 0 saturated carbocycles. The molecule has 1 aromatic heterocycles. The van der Waals surface area contributed by atoms with Crippen molar-refractivity contribution < 1.29 is 4.92 Å². The molecule has 6 heteroatoms. The summed E-state index contributed by atoms with van der Waals surface area (Å²) in [6.07, 6.45) is 3.80. The molecular formula is C16H20N4O2. The Morgan fingerprint density at radius 3 is 2.45 bits per heavy atom. The van der Waals surface area contributed by atoms with Crippen LogP contribution in [0.3, 0.4) is 0 Å². The Bertz CT molecular complexity index is 631. The van der Waals surface area contributed by atoms with Gasteiger partial charge in [-0.1, -0.05) is 25.1 Å². The lowest BCUT2D eigenvalue weighted by atomic mass is 10.2. The summed E-state index contributed by atoms with van der Waals surface area (Å²) >= 11 is 0. The third-order valence-electron chi connectivity index (χ3n) is 3.53. The summed E-state index contributed by atoms with van der Waals surface area (Å²) in [5.41, 5.74) is 1.46. The fraction of sp³-hybridized carbons (Fsp3) is 0.312. The summed E-state index contributed by atoms with van der Waals surface area (Å²) in [6, 6.07) is 11.1. The van der Waals surface area contributed by atoms with Gasteiger partial charge in [0.1, 0.15) is 5.69 Å². The number of hydrogen-bond donors (Lipinski definition) is 0. The number of rotatable bonds is 6. The standard InChI is InChI=1S/C16H20N4O2/c1-4-16(18(2)3)19(13-8-6-5-7-9-13)15-12-17-11-10-14(15)20(21)22/h5-12,16H,4H2,1-3H3. The zero-order valence-corrected chi connectivity index (χ0v) is 13.0. The number of benzene rings is 1. The lowest BCUT2D eigenvalue weighted by Gasteiger charge is -2.36. The van der Waals surface area contributed by atoms with Crippen LogP contribution in [0.25, 0.3) is 0 Å². The summed E-state index contributed by atoms with van der Waals surface area (Å²) in [7, 11) is 3.93. The highest BCUT2D eigenvalue weighted by atomic mass is 16.6. The summed E-state index contributed by atoms with van der Waals surface area (Å²) in [5.74, 6) is 0. The van der Waals surface area contributed by atoms with Crippen LogP contribution in [0.2, 0.25) is 0 Å². The van der Waals surface area contributed by atoms with Gasteiger partial charge in [0.25, 0.3) is 5.69 Å². The highest BCUT2D eigenvalue weighted by molar-refractivity contribution is 5.71. The molecule has 2 aromatic rings. The molecule has 0 N–H and O–H groups in total. The summed E-state index contributed by atoms with van der Waals surface area (Å²) in [6.45, 7) is 2.06. The predicted molar refractivity (Wildman–Crippen MR) is 87.2 cm³/mol. The molecule has 0 aliphatic heterocycles. The molecule has 0 bridgehead atoms. The lowest BCUT2D eigenvalue weighted by molar-refractivity contribution is -0.384. The number of aromatic nitrogens is 1. The monoisotopic (exact) mass is 300 g/mol. The predicted octanol–water partition coefficient (Wildman–Crippen LogP) is 3.43. The van der Waals surface area contributed by atoms with Crippen molar-refractivity contribution in [1.29, 1.82) is 0 Å². The van der Waals surface area contributed by atoms with Gasteiger partial charge in [0.05, 0.1) is 17.3 Å². The van der Waals surface area contributed by atoms with Crippen LogP contribution in [0.5, 0.6) is 0 Å². The Balaban J connectivity index is 2.62. The molecule has 0 fully saturated rings. The largest absolute Gasteiger partial charge is 0.318 e. The Kier molecular flexibility index (Phi) is 5.06. The highest BCUT2D eigenvalue weighted by Crippen LogP contribution is 2.35. The highest BCUT2D eigenvalue weighted by Gasteiger charge is 2.27. The maximum absolute atomic E-state index is 11.4. The van der Waals surface area contributed by atoms with Crippen LogP contribution in [0.15, 0.2) is 48.8 Å². The van der Waals surface area contributed by atoms with Gasteiger partial charge in [0.2, 0.25) is 0 Å². The minimum Gasteiger partial charge on any atom is -0.318 e. The maximum atomic E-state index is 11.4. The number of para-hydroxylation sites is 1. The molecule has 0 saturated heterocycles. The fourth-order valence-corrected chi connectivity index (χ4v) is 2.56. The van der Waals surface area contributed by atoms with Crippen molar-refractivity contribution in [2.45, 2.75) is 19.5 Å². The minimum atomic E-state index is -0.366. The summed E-state index contributed by atoms with van der Waals surface area (Å²) in [4.78, 5) is 19.1. The van der Waals surface area contributed by atoms with Crippen molar-refractivity contribution in [3.05, 3.63) is 58.9 Å². The van der Waals surface area contributed by atoms with Gasteiger partial charge in [0, 0.05) is 18.0 Å². The number of hydrogen-bond acceptors (Lipinski definition) is 5. The van der Waals surface area contributed by atoms with Crippen LogP contribution in [0, 0.1) is 10.1 Å². The molecule has 1 heterocycles. The van der Waals surface area contributed by atoms with Crippen molar-refractivity contribution in [1.82, 2.24) is 9.88 Å². The molecule has 22 heavy (non-hydrogen) atoms. The van der Waals surface area contributed by atoms with Gasteiger partial charge < -0.3 is 4.90 Å². The van der Waals surface area contributed by atoms with Crippen molar-refractivity contribution >= 4 is 17.1 Å². The van der Waals surface area contributed by atoms with Crippen LogP contribution < -0.4 is 4.90 Å². The van der Waals surface area contributed by atoms with Crippen LogP contribution in [0.4, 0.5) is 17.1 Å². The van der Waals surface area contributed by atoms with Gasteiger partial charge in [-0.25, -0.2) is 0 Å².